The van der Waals surface area contributed by atoms with E-state index in [2.05, 4.69) is 46.5 Å². The SMILES string of the molecule is Cc1cc(N)nnc1[C@@H]1CCN(C(=O)OC(C)(C)C)C[C@@H]1C.Cc1cc(N)nnc1[C@@H]1CCNC[C@@H]1C.Cl.Cl. The Kier molecular flexibility index (Phi) is 13.1. The van der Waals surface area contributed by atoms with Gasteiger partial charge in [-0.15, -0.1) is 35.0 Å². The third-order valence-corrected chi connectivity index (χ3v) is 7.13. The minimum absolute atomic E-state index is 0. The Hall–Kier alpha value is -2.43. The fourth-order valence-corrected chi connectivity index (χ4v) is 5.23. The minimum atomic E-state index is -0.462. The molecule has 2 saturated heterocycles. The highest BCUT2D eigenvalue weighted by Crippen LogP contribution is 2.34. The maximum Gasteiger partial charge on any atom is 0.410 e. The van der Waals surface area contributed by atoms with Gasteiger partial charge >= 0.3 is 6.09 Å². The van der Waals surface area contributed by atoms with Crippen LogP contribution in [0.15, 0.2) is 12.1 Å². The van der Waals surface area contributed by atoms with Gasteiger partial charge in [-0.2, -0.15) is 10.2 Å². The number of likely N-dealkylation sites (tertiary alicyclic amines) is 1. The van der Waals surface area contributed by atoms with Gasteiger partial charge in [0.05, 0.1) is 11.4 Å². The second-order valence-corrected chi connectivity index (χ2v) is 11.6. The quantitative estimate of drug-likeness (QED) is 0.458. The van der Waals surface area contributed by atoms with Crippen molar-refractivity contribution in [2.24, 2.45) is 11.8 Å². The summed E-state index contributed by atoms with van der Waals surface area (Å²) in [5.74, 6) is 2.71. The molecule has 2 fully saturated rings. The largest absolute Gasteiger partial charge is 0.444 e. The molecule has 2 aliphatic rings. The third-order valence-electron chi connectivity index (χ3n) is 7.13. The molecule has 0 saturated carbocycles. The van der Waals surface area contributed by atoms with Crippen LogP contribution in [0.5, 0.6) is 0 Å². The number of halogens is 2. The van der Waals surface area contributed by atoms with Gasteiger partial charge in [0.1, 0.15) is 17.2 Å². The number of hydrogen-bond acceptors (Lipinski definition) is 9. The summed E-state index contributed by atoms with van der Waals surface area (Å²) in [5.41, 5.74) is 15.2. The Labute approximate surface area is 245 Å². The molecule has 2 aromatic heterocycles. The fourth-order valence-electron chi connectivity index (χ4n) is 5.23. The first-order chi connectivity index (χ1) is 17.4. The van der Waals surface area contributed by atoms with Crippen molar-refractivity contribution >= 4 is 42.5 Å². The Bertz CT molecular complexity index is 1080. The van der Waals surface area contributed by atoms with Gasteiger partial charge < -0.3 is 26.4 Å². The van der Waals surface area contributed by atoms with E-state index in [1.54, 1.807) is 4.90 Å². The second kappa shape index (κ2) is 14.8. The summed E-state index contributed by atoms with van der Waals surface area (Å²) in [7, 11) is 0. The van der Waals surface area contributed by atoms with Crippen LogP contribution in [0.25, 0.3) is 0 Å². The standard InChI is InChI=1S/C16H26N4O2.C11H18N4.2ClH/c1-10-8-13(17)18-19-14(10)12-6-7-20(9-11(12)2)15(21)22-16(3,4)5;1-7-5-10(12)14-15-11(7)9-3-4-13-6-8(9)2;;/h8,11-12H,6-7,9H2,1-5H3,(H2,17,18);5,8-9,13H,3-4,6H2,1-2H3,(H2,12,14);2*1H/t11-,12+;8-,9+;;/m00../s1. The third kappa shape index (κ3) is 9.61. The number of nitrogen functional groups attached to an aromatic ring is 2. The molecule has 0 spiro atoms. The molecular weight excluding hydrogens is 539 g/mol. The van der Waals surface area contributed by atoms with E-state index in [0.29, 0.717) is 48.4 Å². The van der Waals surface area contributed by atoms with Gasteiger partial charge in [0.25, 0.3) is 0 Å². The topological polar surface area (TPSA) is 145 Å². The first-order valence-electron chi connectivity index (χ1n) is 13.2. The zero-order valence-electron chi connectivity index (χ0n) is 24.2. The molecule has 2 aromatic rings. The molecule has 0 bridgehead atoms. The number of anilines is 2. The van der Waals surface area contributed by atoms with E-state index in [-0.39, 0.29) is 30.9 Å². The van der Waals surface area contributed by atoms with Crippen molar-refractivity contribution in [3.05, 3.63) is 34.6 Å². The minimum Gasteiger partial charge on any atom is -0.444 e. The zero-order chi connectivity index (χ0) is 27.3. The van der Waals surface area contributed by atoms with Crippen LogP contribution in [-0.4, -0.2) is 63.2 Å². The maximum atomic E-state index is 12.2. The van der Waals surface area contributed by atoms with Crippen LogP contribution in [0.3, 0.4) is 0 Å². The molecule has 0 radical (unpaired) electrons. The van der Waals surface area contributed by atoms with E-state index in [0.717, 1.165) is 42.9 Å². The number of nitrogens with two attached hydrogens (primary N) is 2. The van der Waals surface area contributed by atoms with Crippen LogP contribution >= 0.6 is 24.8 Å². The van der Waals surface area contributed by atoms with Gasteiger partial charge in [-0.1, -0.05) is 13.8 Å². The lowest BCUT2D eigenvalue weighted by Crippen LogP contribution is -2.44. The number of rotatable bonds is 2. The maximum absolute atomic E-state index is 12.2. The smallest absolute Gasteiger partial charge is 0.410 e. The van der Waals surface area contributed by atoms with Gasteiger partial charge in [-0.3, -0.25) is 0 Å². The van der Waals surface area contributed by atoms with E-state index in [9.17, 15) is 4.79 Å². The van der Waals surface area contributed by atoms with Crippen molar-refractivity contribution < 1.29 is 9.53 Å². The van der Waals surface area contributed by atoms with Gasteiger partial charge in [-0.05, 0) is 95.6 Å². The van der Waals surface area contributed by atoms with Gasteiger partial charge in [-0.25, -0.2) is 4.79 Å². The van der Waals surface area contributed by atoms with Crippen molar-refractivity contribution in [3.63, 3.8) is 0 Å². The molecule has 12 heteroatoms. The number of ether oxygens (including phenoxy) is 1. The highest BCUT2D eigenvalue weighted by Gasteiger charge is 2.33. The summed E-state index contributed by atoms with van der Waals surface area (Å²) in [6, 6.07) is 3.77. The van der Waals surface area contributed by atoms with E-state index in [1.165, 1.54) is 5.56 Å². The molecule has 4 atom stereocenters. The highest BCUT2D eigenvalue weighted by atomic mass is 35.5. The van der Waals surface area contributed by atoms with Crippen molar-refractivity contribution in [2.75, 3.05) is 37.6 Å². The van der Waals surface area contributed by atoms with E-state index in [4.69, 9.17) is 16.2 Å². The lowest BCUT2D eigenvalue weighted by Gasteiger charge is -2.37. The average Bonchev–Trinajstić information content (AvgIpc) is 2.80. The predicted molar refractivity (Wildman–Crippen MR) is 161 cm³/mol. The Morgan fingerprint density at radius 2 is 1.44 bits per heavy atom. The Balaban J connectivity index is 0.000000394. The fraction of sp³-hybridized carbons (Fsp3) is 0.667. The second-order valence-electron chi connectivity index (χ2n) is 11.6. The van der Waals surface area contributed by atoms with E-state index >= 15 is 0 Å². The molecule has 0 aliphatic carbocycles. The zero-order valence-corrected chi connectivity index (χ0v) is 25.9. The van der Waals surface area contributed by atoms with Crippen molar-refractivity contribution in [2.45, 2.75) is 78.7 Å². The van der Waals surface area contributed by atoms with Gasteiger partial charge in [0, 0.05) is 24.9 Å². The van der Waals surface area contributed by atoms with Crippen molar-refractivity contribution in [3.8, 4) is 0 Å². The number of nitrogens with one attached hydrogen (secondary N) is 1. The molecule has 10 nitrogen and oxygen atoms in total. The molecule has 4 rings (SSSR count). The summed E-state index contributed by atoms with van der Waals surface area (Å²) in [6.45, 7) is 17.6. The van der Waals surface area contributed by atoms with Crippen LogP contribution in [0.1, 0.15) is 81.8 Å². The molecule has 0 aromatic carbocycles. The monoisotopic (exact) mass is 584 g/mol. The molecular formula is C27H46Cl2N8O2. The summed E-state index contributed by atoms with van der Waals surface area (Å²) < 4.78 is 5.45. The number of piperidine rings is 2. The van der Waals surface area contributed by atoms with Crippen LogP contribution in [0.4, 0.5) is 16.4 Å². The molecule has 0 unspecified atom stereocenters. The Morgan fingerprint density at radius 3 is 1.87 bits per heavy atom. The van der Waals surface area contributed by atoms with E-state index < -0.39 is 5.60 Å². The van der Waals surface area contributed by atoms with Crippen molar-refractivity contribution in [1.29, 1.82) is 0 Å². The first-order valence-corrected chi connectivity index (χ1v) is 13.2. The molecule has 39 heavy (non-hydrogen) atoms. The Morgan fingerprint density at radius 1 is 0.923 bits per heavy atom. The molecule has 1 amide bonds. The van der Waals surface area contributed by atoms with Crippen LogP contribution in [0.2, 0.25) is 0 Å². The van der Waals surface area contributed by atoms with Gasteiger partial charge in [0.2, 0.25) is 0 Å². The number of nitrogens with zero attached hydrogens (tertiary/aromatic N) is 5. The first kappa shape index (κ1) is 34.6. The number of aryl methyl sites for hydroxylation is 2. The number of carbonyl (C=O) groups is 1. The van der Waals surface area contributed by atoms with Crippen LogP contribution in [-0.2, 0) is 4.74 Å². The molecule has 220 valence electrons. The molecule has 5 N–H and O–H groups in total. The van der Waals surface area contributed by atoms with Crippen LogP contribution in [0, 0.1) is 25.7 Å². The lowest BCUT2D eigenvalue weighted by atomic mass is 9.83. The molecule has 4 heterocycles. The number of hydrogen-bond donors (Lipinski definition) is 3. The van der Waals surface area contributed by atoms with E-state index in [1.807, 2.05) is 39.8 Å². The summed E-state index contributed by atoms with van der Waals surface area (Å²) in [6.07, 6.45) is 1.76. The number of aromatic nitrogens is 4. The summed E-state index contributed by atoms with van der Waals surface area (Å²) in [5, 5.41) is 19.8. The van der Waals surface area contributed by atoms with Crippen LogP contribution < -0.4 is 16.8 Å². The lowest BCUT2D eigenvalue weighted by molar-refractivity contribution is 0.0153. The van der Waals surface area contributed by atoms with Crippen molar-refractivity contribution in [1.82, 2.24) is 30.6 Å². The predicted octanol–water partition coefficient (Wildman–Crippen LogP) is 4.65. The summed E-state index contributed by atoms with van der Waals surface area (Å²) >= 11 is 0. The molecule has 2 aliphatic heterocycles. The average molecular weight is 586 g/mol. The van der Waals surface area contributed by atoms with Gasteiger partial charge in [0.15, 0.2) is 0 Å². The normalized spacial score (nSPS) is 22.9. The number of amides is 1. The highest BCUT2D eigenvalue weighted by molar-refractivity contribution is 5.85. The number of carbonyl (C=O) groups excluding carboxylic acids is 1. The summed E-state index contributed by atoms with van der Waals surface area (Å²) in [4.78, 5) is 14.0.